The molecule has 1 aromatic heterocycles. The average molecular weight is 285 g/mol. The smallest absolute Gasteiger partial charge is 0.0843 e. The fraction of sp³-hybridized carbons (Fsp3) is 0.333. The maximum Gasteiger partial charge on any atom is 0.0843 e. The highest BCUT2D eigenvalue weighted by Crippen LogP contribution is 2.32. The van der Waals surface area contributed by atoms with Gasteiger partial charge in [0.25, 0.3) is 0 Å². The lowest BCUT2D eigenvalue weighted by Gasteiger charge is -1.86. The summed E-state index contributed by atoms with van der Waals surface area (Å²) in [5.41, 5.74) is 5.40. The lowest BCUT2D eigenvalue weighted by Crippen LogP contribution is -2.00. The van der Waals surface area contributed by atoms with Crippen molar-refractivity contribution in [2.45, 2.75) is 6.42 Å². The Morgan fingerprint density at radius 1 is 1.50 bits per heavy atom. The van der Waals surface area contributed by atoms with Gasteiger partial charge in [-0.15, -0.1) is 11.3 Å². The molecule has 0 atom stereocenters. The van der Waals surface area contributed by atoms with Crippen LogP contribution in [0.25, 0.3) is 0 Å². The summed E-state index contributed by atoms with van der Waals surface area (Å²) in [5.74, 6) is 0. The van der Waals surface area contributed by atoms with Gasteiger partial charge in [0.05, 0.1) is 3.79 Å². The maximum absolute atomic E-state index is 5.40. The highest BCUT2D eigenvalue weighted by atomic mass is 79.9. The molecule has 0 aliphatic rings. The van der Waals surface area contributed by atoms with Crippen molar-refractivity contribution in [2.75, 3.05) is 6.54 Å². The zero-order chi connectivity index (χ0) is 7.56. The predicted molar refractivity (Wildman–Crippen MR) is 52.5 cm³/mol. The summed E-state index contributed by atoms with van der Waals surface area (Å²) in [5, 5.41) is 0. The van der Waals surface area contributed by atoms with Crippen LogP contribution >= 0.6 is 43.2 Å². The molecule has 0 spiro atoms. The van der Waals surface area contributed by atoms with Crippen LogP contribution in [0.4, 0.5) is 0 Å². The second kappa shape index (κ2) is 3.85. The van der Waals surface area contributed by atoms with Crippen molar-refractivity contribution in [3.63, 3.8) is 0 Å². The summed E-state index contributed by atoms with van der Waals surface area (Å²) < 4.78 is 2.27. The number of halogens is 2. The SMILES string of the molecule is NCCc1cc(Br)c(Br)s1. The number of hydrogen-bond donors (Lipinski definition) is 1. The quantitative estimate of drug-likeness (QED) is 0.888. The van der Waals surface area contributed by atoms with E-state index in [1.807, 2.05) is 0 Å². The fourth-order valence-corrected chi connectivity index (χ4v) is 2.85. The molecule has 1 nitrogen and oxygen atoms in total. The van der Waals surface area contributed by atoms with Crippen molar-refractivity contribution in [3.8, 4) is 0 Å². The first-order chi connectivity index (χ1) is 4.74. The highest BCUT2D eigenvalue weighted by Gasteiger charge is 2.01. The van der Waals surface area contributed by atoms with Crippen molar-refractivity contribution < 1.29 is 0 Å². The van der Waals surface area contributed by atoms with Gasteiger partial charge in [-0.25, -0.2) is 0 Å². The number of hydrogen-bond acceptors (Lipinski definition) is 2. The van der Waals surface area contributed by atoms with Crippen molar-refractivity contribution in [1.29, 1.82) is 0 Å². The average Bonchev–Trinajstić information content (AvgIpc) is 2.14. The molecule has 56 valence electrons. The third-order valence-corrected chi connectivity index (χ3v) is 4.40. The van der Waals surface area contributed by atoms with Crippen molar-refractivity contribution >= 4 is 43.2 Å². The van der Waals surface area contributed by atoms with E-state index in [4.69, 9.17) is 5.73 Å². The minimum Gasteiger partial charge on any atom is -0.330 e. The minimum absolute atomic E-state index is 0.722. The second-order valence-corrected chi connectivity index (χ2v) is 5.18. The van der Waals surface area contributed by atoms with Gasteiger partial charge in [-0.3, -0.25) is 0 Å². The van der Waals surface area contributed by atoms with Gasteiger partial charge < -0.3 is 5.73 Å². The van der Waals surface area contributed by atoms with Crippen molar-refractivity contribution in [2.24, 2.45) is 5.73 Å². The molecule has 0 saturated carbocycles. The van der Waals surface area contributed by atoms with Gasteiger partial charge in [0.15, 0.2) is 0 Å². The molecule has 0 saturated heterocycles. The zero-order valence-electron chi connectivity index (χ0n) is 5.23. The Morgan fingerprint density at radius 3 is 2.60 bits per heavy atom. The lowest BCUT2D eigenvalue weighted by atomic mass is 10.3. The van der Waals surface area contributed by atoms with Crippen molar-refractivity contribution in [3.05, 3.63) is 19.2 Å². The summed E-state index contributed by atoms with van der Waals surface area (Å²) in [7, 11) is 0. The first-order valence-corrected chi connectivity index (χ1v) is 5.28. The van der Waals surface area contributed by atoms with E-state index in [9.17, 15) is 0 Å². The Kier molecular flexibility index (Phi) is 3.36. The van der Waals surface area contributed by atoms with E-state index in [-0.39, 0.29) is 0 Å². The van der Waals surface area contributed by atoms with Crippen LogP contribution in [-0.4, -0.2) is 6.54 Å². The topological polar surface area (TPSA) is 26.0 Å². The van der Waals surface area contributed by atoms with Gasteiger partial charge in [0, 0.05) is 9.35 Å². The number of thiophene rings is 1. The van der Waals surface area contributed by atoms with E-state index in [0.29, 0.717) is 0 Å². The van der Waals surface area contributed by atoms with Gasteiger partial charge in [-0.2, -0.15) is 0 Å². The van der Waals surface area contributed by atoms with E-state index in [0.717, 1.165) is 21.2 Å². The Morgan fingerprint density at radius 2 is 2.20 bits per heavy atom. The molecular formula is C6H7Br2NS. The molecule has 0 bridgehead atoms. The molecular weight excluding hydrogens is 278 g/mol. The number of rotatable bonds is 2. The van der Waals surface area contributed by atoms with E-state index in [1.165, 1.54) is 4.88 Å². The van der Waals surface area contributed by atoms with Crippen LogP contribution in [-0.2, 0) is 6.42 Å². The Bertz CT molecular complexity index is 202. The summed E-state index contributed by atoms with van der Waals surface area (Å²) in [6.45, 7) is 0.722. The molecule has 1 aromatic rings. The van der Waals surface area contributed by atoms with Gasteiger partial charge in [-0.1, -0.05) is 0 Å². The highest BCUT2D eigenvalue weighted by molar-refractivity contribution is 9.13. The van der Waals surface area contributed by atoms with Crippen LogP contribution < -0.4 is 5.73 Å². The largest absolute Gasteiger partial charge is 0.330 e. The van der Waals surface area contributed by atoms with Crippen LogP contribution in [0.5, 0.6) is 0 Å². The lowest BCUT2D eigenvalue weighted by molar-refractivity contribution is 0.988. The van der Waals surface area contributed by atoms with Crippen molar-refractivity contribution in [1.82, 2.24) is 0 Å². The molecule has 0 fully saturated rings. The molecule has 0 aromatic carbocycles. The van der Waals surface area contributed by atoms with E-state index >= 15 is 0 Å². The second-order valence-electron chi connectivity index (χ2n) is 1.87. The molecule has 4 heteroatoms. The van der Waals surface area contributed by atoms with E-state index in [2.05, 4.69) is 37.9 Å². The molecule has 1 rings (SSSR count). The van der Waals surface area contributed by atoms with Crippen LogP contribution in [0.1, 0.15) is 4.88 Å². The number of nitrogens with two attached hydrogens (primary N) is 1. The summed E-state index contributed by atoms with van der Waals surface area (Å²) >= 11 is 8.55. The molecule has 2 N–H and O–H groups in total. The summed E-state index contributed by atoms with van der Waals surface area (Å²) in [6, 6.07) is 2.10. The maximum atomic E-state index is 5.40. The Hall–Kier alpha value is 0.620. The normalized spacial score (nSPS) is 10.3. The first-order valence-electron chi connectivity index (χ1n) is 2.88. The van der Waals surface area contributed by atoms with Crippen LogP contribution in [0.3, 0.4) is 0 Å². The van der Waals surface area contributed by atoms with Gasteiger partial charge in [-0.05, 0) is 50.9 Å². The van der Waals surface area contributed by atoms with E-state index in [1.54, 1.807) is 11.3 Å². The Labute approximate surface area is 80.9 Å². The third-order valence-electron chi connectivity index (χ3n) is 1.09. The molecule has 0 radical (unpaired) electrons. The molecule has 0 aliphatic heterocycles. The van der Waals surface area contributed by atoms with Crippen LogP contribution in [0.2, 0.25) is 0 Å². The zero-order valence-corrected chi connectivity index (χ0v) is 9.22. The molecule has 1 heterocycles. The monoisotopic (exact) mass is 283 g/mol. The standard InChI is InChI=1S/C6H7Br2NS/c7-5-3-4(1-2-9)10-6(5)8/h3H,1-2,9H2. The van der Waals surface area contributed by atoms with Gasteiger partial charge in [0.1, 0.15) is 0 Å². The molecule has 0 unspecified atom stereocenters. The molecule has 10 heavy (non-hydrogen) atoms. The van der Waals surface area contributed by atoms with Gasteiger partial charge >= 0.3 is 0 Å². The summed E-state index contributed by atoms with van der Waals surface area (Å²) in [4.78, 5) is 1.32. The van der Waals surface area contributed by atoms with Crippen LogP contribution in [0.15, 0.2) is 14.3 Å². The van der Waals surface area contributed by atoms with Gasteiger partial charge in [0.2, 0.25) is 0 Å². The fourth-order valence-electron chi connectivity index (χ4n) is 0.657. The summed E-state index contributed by atoms with van der Waals surface area (Å²) in [6.07, 6.45) is 0.967. The minimum atomic E-state index is 0.722. The molecule has 0 amide bonds. The van der Waals surface area contributed by atoms with E-state index < -0.39 is 0 Å². The Balaban J connectivity index is 2.77. The first kappa shape index (κ1) is 8.71. The predicted octanol–water partition coefficient (Wildman–Crippen LogP) is 2.77. The third kappa shape index (κ3) is 2.05. The molecule has 0 aliphatic carbocycles. The van der Waals surface area contributed by atoms with Crippen LogP contribution in [0, 0.1) is 0 Å².